The van der Waals surface area contributed by atoms with Gasteiger partial charge in [0.2, 0.25) is 11.8 Å². The Morgan fingerprint density at radius 3 is 1.50 bits per heavy atom. The summed E-state index contributed by atoms with van der Waals surface area (Å²) in [6.07, 6.45) is 0. The fraction of sp³-hybridized carbons (Fsp3) is 0.0769. The number of azo groups is 2. The second-order valence-electron chi connectivity index (χ2n) is 8.09. The minimum Gasteiger partial charge on any atom is -0.493 e. The van der Waals surface area contributed by atoms with Crippen LogP contribution >= 0.6 is 0 Å². The van der Waals surface area contributed by atoms with Crippen molar-refractivity contribution in [1.82, 2.24) is 9.13 Å². The van der Waals surface area contributed by atoms with Crippen molar-refractivity contribution in [2.24, 2.45) is 34.6 Å². The van der Waals surface area contributed by atoms with Crippen LogP contribution in [0.4, 0.5) is 11.4 Å². The summed E-state index contributed by atoms with van der Waals surface area (Å²) >= 11 is 0. The molecule has 2 heterocycles. The Balaban J connectivity index is 1.39. The van der Waals surface area contributed by atoms with Crippen LogP contribution in [-0.2, 0) is 14.1 Å². The second-order valence-corrected chi connectivity index (χ2v) is 8.09. The highest BCUT2D eigenvalue weighted by molar-refractivity contribution is 6.01. The van der Waals surface area contributed by atoms with Crippen LogP contribution in [0.1, 0.15) is 20.7 Å². The van der Waals surface area contributed by atoms with Gasteiger partial charge < -0.3 is 19.3 Å². The molecule has 0 aliphatic carbocycles. The molecular weight excluding hydrogens is 460 g/mol. The van der Waals surface area contributed by atoms with Gasteiger partial charge >= 0.3 is 0 Å². The van der Waals surface area contributed by atoms with E-state index in [-0.39, 0.29) is 34.3 Å². The van der Waals surface area contributed by atoms with Crippen LogP contribution in [0.3, 0.4) is 0 Å². The monoisotopic (exact) mass is 480 g/mol. The molecule has 178 valence electrons. The fourth-order valence-corrected chi connectivity index (χ4v) is 4.01. The van der Waals surface area contributed by atoms with Crippen LogP contribution in [0.15, 0.2) is 93.3 Å². The third-order valence-electron chi connectivity index (χ3n) is 5.94. The minimum atomic E-state index is -0.694. The van der Waals surface area contributed by atoms with Crippen LogP contribution in [0.5, 0.6) is 11.8 Å². The number of amides is 2. The molecule has 0 aliphatic heterocycles. The molecule has 0 spiro atoms. The van der Waals surface area contributed by atoms with Crippen molar-refractivity contribution in [3.63, 3.8) is 0 Å². The predicted octanol–water partition coefficient (Wildman–Crippen LogP) is 5.93. The summed E-state index contributed by atoms with van der Waals surface area (Å²) in [6, 6.07) is 20.3. The number of fused-ring (bicyclic) bond motifs is 2. The van der Waals surface area contributed by atoms with Gasteiger partial charge in [-0.1, -0.05) is 42.5 Å². The molecule has 2 N–H and O–H groups in total. The van der Waals surface area contributed by atoms with E-state index in [1.165, 1.54) is 24.3 Å². The van der Waals surface area contributed by atoms with Crippen LogP contribution in [0.25, 0.3) is 21.8 Å². The number of benzene rings is 3. The van der Waals surface area contributed by atoms with Crippen LogP contribution < -0.4 is 0 Å². The second kappa shape index (κ2) is 8.91. The topological polar surface area (TPSA) is 134 Å². The van der Waals surface area contributed by atoms with E-state index in [9.17, 15) is 19.8 Å². The molecule has 5 aromatic rings. The van der Waals surface area contributed by atoms with Gasteiger partial charge in [-0.3, -0.25) is 9.59 Å². The Bertz CT molecular complexity index is 1600. The van der Waals surface area contributed by atoms with E-state index in [2.05, 4.69) is 20.5 Å². The van der Waals surface area contributed by atoms with E-state index in [1.807, 2.05) is 24.3 Å². The Kier molecular flexibility index (Phi) is 5.61. The molecule has 3 aromatic carbocycles. The number of carbonyl (C=O) groups is 2. The zero-order valence-corrected chi connectivity index (χ0v) is 19.3. The first kappa shape index (κ1) is 22.7. The molecule has 2 aromatic heterocycles. The average Bonchev–Trinajstić information content (AvgIpc) is 3.30. The van der Waals surface area contributed by atoms with Crippen molar-refractivity contribution in [2.45, 2.75) is 0 Å². The van der Waals surface area contributed by atoms with Crippen molar-refractivity contribution < 1.29 is 19.8 Å². The van der Waals surface area contributed by atoms with Crippen molar-refractivity contribution in [2.75, 3.05) is 0 Å². The maximum absolute atomic E-state index is 12.7. The normalized spacial score (nSPS) is 11.8. The number of carbonyl (C=O) groups excluding carboxylic acids is 2. The lowest BCUT2D eigenvalue weighted by Crippen LogP contribution is -1.99. The SMILES string of the molecule is Cn1c(O)c(N=NC(=O)c2cccc(C(=O)N=Nc3c(O)n(C)c4ccccc34)c2)c2ccccc21. The van der Waals surface area contributed by atoms with E-state index >= 15 is 0 Å². The molecule has 0 fully saturated rings. The quantitative estimate of drug-likeness (QED) is 0.308. The van der Waals surface area contributed by atoms with Gasteiger partial charge in [0.25, 0.3) is 11.8 Å². The number of aromatic hydroxyl groups is 2. The Hall–Kier alpha value is -5.12. The van der Waals surface area contributed by atoms with Crippen LogP contribution in [0, 0.1) is 0 Å². The number of aromatic nitrogens is 2. The van der Waals surface area contributed by atoms with Gasteiger partial charge in [0.15, 0.2) is 11.4 Å². The van der Waals surface area contributed by atoms with Crippen molar-refractivity contribution in [3.8, 4) is 11.8 Å². The molecule has 0 radical (unpaired) electrons. The standard InChI is InChI=1S/C26H20N6O4/c1-31-19-12-5-3-10-17(19)21(25(31)35)27-29-23(33)15-8-7-9-16(14-15)24(34)30-28-22-18-11-4-6-13-20(18)32(2)26(22)36/h3-14,35-36H,1-2H3. The van der Waals surface area contributed by atoms with E-state index in [1.54, 1.807) is 47.5 Å². The van der Waals surface area contributed by atoms with E-state index in [0.717, 1.165) is 11.0 Å². The summed E-state index contributed by atoms with van der Waals surface area (Å²) in [5, 5.41) is 37.5. The third kappa shape index (κ3) is 3.80. The van der Waals surface area contributed by atoms with Crippen molar-refractivity contribution >= 4 is 45.0 Å². The van der Waals surface area contributed by atoms with Gasteiger partial charge in [0.1, 0.15) is 0 Å². The lowest BCUT2D eigenvalue weighted by atomic mass is 10.1. The molecule has 0 atom stereocenters. The number of rotatable bonds is 4. The van der Waals surface area contributed by atoms with Crippen molar-refractivity contribution in [3.05, 3.63) is 83.9 Å². The Morgan fingerprint density at radius 2 is 1.06 bits per heavy atom. The lowest BCUT2D eigenvalue weighted by molar-refractivity contribution is 0.0994. The smallest absolute Gasteiger partial charge is 0.295 e. The number of hydrogen-bond donors (Lipinski definition) is 2. The van der Waals surface area contributed by atoms with Crippen molar-refractivity contribution in [1.29, 1.82) is 0 Å². The highest BCUT2D eigenvalue weighted by atomic mass is 16.3. The zero-order valence-electron chi connectivity index (χ0n) is 19.3. The van der Waals surface area contributed by atoms with Crippen LogP contribution in [-0.4, -0.2) is 31.2 Å². The summed E-state index contributed by atoms with van der Waals surface area (Å²) in [5.74, 6) is -1.62. The average molecular weight is 480 g/mol. The number of para-hydroxylation sites is 2. The van der Waals surface area contributed by atoms with Gasteiger partial charge in [-0.05, 0) is 30.3 Å². The van der Waals surface area contributed by atoms with Gasteiger partial charge in [-0.15, -0.1) is 20.5 Å². The first-order valence-corrected chi connectivity index (χ1v) is 10.9. The number of nitrogens with zero attached hydrogens (tertiary/aromatic N) is 6. The first-order chi connectivity index (χ1) is 17.4. The third-order valence-corrected chi connectivity index (χ3v) is 5.94. The van der Waals surface area contributed by atoms with Gasteiger partial charge in [-0.2, -0.15) is 0 Å². The summed E-state index contributed by atoms with van der Waals surface area (Å²) in [5.41, 5.74) is 2.08. The molecule has 10 nitrogen and oxygen atoms in total. The van der Waals surface area contributed by atoms with E-state index < -0.39 is 11.8 Å². The Morgan fingerprint density at radius 1 is 0.639 bits per heavy atom. The van der Waals surface area contributed by atoms with E-state index in [4.69, 9.17) is 0 Å². The maximum Gasteiger partial charge on any atom is 0.295 e. The van der Waals surface area contributed by atoms with Gasteiger partial charge in [0.05, 0.1) is 11.0 Å². The minimum absolute atomic E-state index is 0.117. The van der Waals surface area contributed by atoms with E-state index in [0.29, 0.717) is 10.8 Å². The Labute approximate surface area is 204 Å². The van der Waals surface area contributed by atoms with Gasteiger partial charge in [-0.25, -0.2) is 0 Å². The highest BCUT2D eigenvalue weighted by Crippen LogP contribution is 2.39. The molecule has 0 unspecified atom stereocenters. The largest absolute Gasteiger partial charge is 0.493 e. The first-order valence-electron chi connectivity index (χ1n) is 10.9. The molecule has 0 saturated carbocycles. The molecule has 5 rings (SSSR count). The molecule has 10 heteroatoms. The molecule has 2 amide bonds. The highest BCUT2D eigenvalue weighted by Gasteiger charge is 2.17. The molecule has 0 bridgehead atoms. The molecular formula is C26H20N6O4. The predicted molar refractivity (Wildman–Crippen MR) is 133 cm³/mol. The van der Waals surface area contributed by atoms with Gasteiger partial charge in [0, 0.05) is 36.0 Å². The molecule has 0 aliphatic rings. The summed E-state index contributed by atoms with van der Waals surface area (Å²) < 4.78 is 3.10. The zero-order chi connectivity index (χ0) is 25.4. The van der Waals surface area contributed by atoms with Crippen LogP contribution in [0.2, 0.25) is 0 Å². The lowest BCUT2D eigenvalue weighted by Gasteiger charge is -1.99. The number of hydrogen-bond acceptors (Lipinski definition) is 6. The molecule has 36 heavy (non-hydrogen) atoms. The number of aryl methyl sites for hydroxylation is 2. The summed E-state index contributed by atoms with van der Waals surface area (Å²) in [4.78, 5) is 25.3. The summed E-state index contributed by atoms with van der Waals surface area (Å²) in [6.45, 7) is 0. The maximum atomic E-state index is 12.7. The molecule has 0 saturated heterocycles. The summed E-state index contributed by atoms with van der Waals surface area (Å²) in [7, 11) is 3.36. The fourth-order valence-electron chi connectivity index (χ4n) is 4.01.